The van der Waals surface area contributed by atoms with Crippen molar-refractivity contribution >= 4 is 0 Å². The van der Waals surface area contributed by atoms with E-state index in [2.05, 4.69) is 23.7 Å². The summed E-state index contributed by atoms with van der Waals surface area (Å²) in [5.41, 5.74) is 1.36. The van der Waals surface area contributed by atoms with E-state index < -0.39 is 0 Å². The van der Waals surface area contributed by atoms with Crippen molar-refractivity contribution in [3.05, 3.63) is 18.0 Å². The van der Waals surface area contributed by atoms with Gasteiger partial charge in [0, 0.05) is 19.3 Å². The Morgan fingerprint density at radius 2 is 2.33 bits per heavy atom. The second-order valence-corrected chi connectivity index (χ2v) is 6.38. The lowest BCUT2D eigenvalue weighted by Crippen LogP contribution is -2.31. The Morgan fingerprint density at radius 3 is 2.89 bits per heavy atom. The van der Waals surface area contributed by atoms with Crippen molar-refractivity contribution in [1.82, 2.24) is 15.1 Å². The average Bonchev–Trinajstić information content (AvgIpc) is 3.05. The summed E-state index contributed by atoms with van der Waals surface area (Å²) in [5, 5.41) is 7.77. The summed E-state index contributed by atoms with van der Waals surface area (Å²) in [6.07, 6.45) is 12.7. The molecule has 0 saturated heterocycles. The molecule has 2 aliphatic rings. The van der Waals surface area contributed by atoms with Crippen LogP contribution in [-0.2, 0) is 13.5 Å². The fourth-order valence-corrected chi connectivity index (χ4v) is 4.20. The van der Waals surface area contributed by atoms with E-state index in [1.165, 1.54) is 37.7 Å². The molecule has 1 heterocycles. The first-order valence-electron chi connectivity index (χ1n) is 7.39. The zero-order valence-corrected chi connectivity index (χ0v) is 11.6. The van der Waals surface area contributed by atoms with Gasteiger partial charge in [-0.1, -0.05) is 6.42 Å². The molecule has 3 rings (SSSR count). The van der Waals surface area contributed by atoms with Crippen LogP contribution in [-0.4, -0.2) is 22.9 Å². The summed E-state index contributed by atoms with van der Waals surface area (Å²) in [7, 11) is 4.10. The standard InChI is InChI=1S/C15H25N3/c1-16-15(7-12-9-17-18(2)10-12)8-14-6-11-3-4-13(14)5-11/h9-11,13-16H,3-8H2,1-2H3. The van der Waals surface area contributed by atoms with Crippen LogP contribution in [0.3, 0.4) is 0 Å². The van der Waals surface area contributed by atoms with Gasteiger partial charge in [-0.25, -0.2) is 0 Å². The molecule has 3 heteroatoms. The Labute approximate surface area is 110 Å². The summed E-state index contributed by atoms with van der Waals surface area (Å²) >= 11 is 0. The molecule has 0 aliphatic heterocycles. The molecule has 4 atom stereocenters. The van der Waals surface area contributed by atoms with Gasteiger partial charge in [0.2, 0.25) is 0 Å². The van der Waals surface area contributed by atoms with Gasteiger partial charge in [0.25, 0.3) is 0 Å². The smallest absolute Gasteiger partial charge is 0.0522 e. The van der Waals surface area contributed by atoms with E-state index in [1.54, 1.807) is 0 Å². The lowest BCUT2D eigenvalue weighted by Gasteiger charge is -2.26. The molecule has 0 spiro atoms. The number of likely N-dealkylation sites (N-methyl/N-ethyl adjacent to an activating group) is 1. The maximum absolute atomic E-state index is 4.26. The van der Waals surface area contributed by atoms with Crippen molar-refractivity contribution in [2.75, 3.05) is 7.05 Å². The molecule has 2 aliphatic carbocycles. The summed E-state index contributed by atoms with van der Waals surface area (Å²) < 4.78 is 1.90. The van der Waals surface area contributed by atoms with Gasteiger partial charge in [-0.05, 0) is 62.5 Å². The Bertz CT molecular complexity index is 398. The van der Waals surface area contributed by atoms with E-state index in [9.17, 15) is 0 Å². The number of aromatic nitrogens is 2. The molecular formula is C15H25N3. The summed E-state index contributed by atoms with van der Waals surface area (Å²) in [6.45, 7) is 0. The summed E-state index contributed by atoms with van der Waals surface area (Å²) in [4.78, 5) is 0. The summed E-state index contributed by atoms with van der Waals surface area (Å²) in [6, 6.07) is 0.624. The Kier molecular flexibility index (Phi) is 3.42. The third-order valence-corrected chi connectivity index (χ3v) is 5.12. The maximum atomic E-state index is 4.26. The van der Waals surface area contributed by atoms with Gasteiger partial charge in [0.15, 0.2) is 0 Å². The Hall–Kier alpha value is -0.830. The number of nitrogens with zero attached hydrogens (tertiary/aromatic N) is 2. The molecule has 1 N–H and O–H groups in total. The van der Waals surface area contributed by atoms with Gasteiger partial charge in [-0.15, -0.1) is 0 Å². The van der Waals surface area contributed by atoms with Crippen LogP contribution in [0.4, 0.5) is 0 Å². The second-order valence-electron chi connectivity index (χ2n) is 6.38. The molecular weight excluding hydrogens is 222 g/mol. The van der Waals surface area contributed by atoms with E-state index in [1.807, 2.05) is 17.9 Å². The third-order valence-electron chi connectivity index (χ3n) is 5.12. The first-order valence-corrected chi connectivity index (χ1v) is 7.39. The largest absolute Gasteiger partial charge is 0.317 e. The first kappa shape index (κ1) is 12.2. The van der Waals surface area contributed by atoms with Crippen LogP contribution in [0, 0.1) is 17.8 Å². The van der Waals surface area contributed by atoms with Crippen LogP contribution >= 0.6 is 0 Å². The minimum Gasteiger partial charge on any atom is -0.317 e. The molecule has 2 bridgehead atoms. The lowest BCUT2D eigenvalue weighted by molar-refractivity contribution is 0.281. The van der Waals surface area contributed by atoms with Gasteiger partial charge >= 0.3 is 0 Å². The normalized spacial score (nSPS) is 32.0. The van der Waals surface area contributed by atoms with E-state index in [0.29, 0.717) is 6.04 Å². The Morgan fingerprint density at radius 1 is 1.44 bits per heavy atom. The topological polar surface area (TPSA) is 29.9 Å². The molecule has 1 aromatic rings. The monoisotopic (exact) mass is 247 g/mol. The van der Waals surface area contributed by atoms with Crippen LogP contribution in [0.1, 0.15) is 37.7 Å². The van der Waals surface area contributed by atoms with Crippen LogP contribution in [0.5, 0.6) is 0 Å². The number of rotatable bonds is 5. The van der Waals surface area contributed by atoms with Crippen LogP contribution in [0.2, 0.25) is 0 Å². The SMILES string of the molecule is CNC(Cc1cnn(C)c1)CC1CC2CCC1C2. The van der Waals surface area contributed by atoms with Crippen molar-refractivity contribution in [2.24, 2.45) is 24.8 Å². The number of hydrogen-bond donors (Lipinski definition) is 1. The molecule has 3 nitrogen and oxygen atoms in total. The van der Waals surface area contributed by atoms with Crippen molar-refractivity contribution in [3.8, 4) is 0 Å². The molecule has 0 radical (unpaired) electrons. The molecule has 0 aromatic carbocycles. The predicted octanol–water partition coefficient (Wildman–Crippen LogP) is 2.38. The van der Waals surface area contributed by atoms with Crippen molar-refractivity contribution < 1.29 is 0 Å². The van der Waals surface area contributed by atoms with Crippen LogP contribution in [0.15, 0.2) is 12.4 Å². The average molecular weight is 247 g/mol. The molecule has 2 fully saturated rings. The van der Waals surface area contributed by atoms with Crippen LogP contribution < -0.4 is 5.32 Å². The molecule has 4 unspecified atom stereocenters. The van der Waals surface area contributed by atoms with Gasteiger partial charge in [0.1, 0.15) is 0 Å². The minimum atomic E-state index is 0.624. The third kappa shape index (κ3) is 2.46. The van der Waals surface area contributed by atoms with E-state index in [4.69, 9.17) is 0 Å². The van der Waals surface area contributed by atoms with E-state index in [-0.39, 0.29) is 0 Å². The lowest BCUT2D eigenvalue weighted by atomic mass is 9.83. The highest BCUT2D eigenvalue weighted by molar-refractivity contribution is 5.06. The zero-order chi connectivity index (χ0) is 12.5. The van der Waals surface area contributed by atoms with Gasteiger partial charge in [-0.3, -0.25) is 4.68 Å². The van der Waals surface area contributed by atoms with Crippen molar-refractivity contribution in [1.29, 1.82) is 0 Å². The molecule has 18 heavy (non-hydrogen) atoms. The number of hydrogen-bond acceptors (Lipinski definition) is 2. The minimum absolute atomic E-state index is 0.624. The second kappa shape index (κ2) is 5.04. The number of nitrogens with one attached hydrogen (secondary N) is 1. The maximum Gasteiger partial charge on any atom is 0.0522 e. The number of fused-ring (bicyclic) bond motifs is 2. The zero-order valence-electron chi connectivity index (χ0n) is 11.6. The predicted molar refractivity (Wildman–Crippen MR) is 73.3 cm³/mol. The molecule has 100 valence electrons. The van der Waals surface area contributed by atoms with Crippen LogP contribution in [0.25, 0.3) is 0 Å². The molecule has 1 aromatic heterocycles. The van der Waals surface area contributed by atoms with E-state index >= 15 is 0 Å². The highest BCUT2D eigenvalue weighted by Crippen LogP contribution is 2.49. The fourth-order valence-electron chi connectivity index (χ4n) is 4.20. The van der Waals surface area contributed by atoms with Crippen molar-refractivity contribution in [2.45, 2.75) is 44.6 Å². The van der Waals surface area contributed by atoms with E-state index in [0.717, 1.165) is 24.2 Å². The Balaban J connectivity index is 1.56. The molecule has 2 saturated carbocycles. The highest BCUT2D eigenvalue weighted by Gasteiger charge is 2.39. The quantitative estimate of drug-likeness (QED) is 0.866. The van der Waals surface area contributed by atoms with Gasteiger partial charge < -0.3 is 5.32 Å². The summed E-state index contributed by atoms with van der Waals surface area (Å²) in [5.74, 6) is 3.09. The van der Waals surface area contributed by atoms with Crippen molar-refractivity contribution in [3.63, 3.8) is 0 Å². The fraction of sp³-hybridized carbons (Fsp3) is 0.800. The van der Waals surface area contributed by atoms with Gasteiger partial charge in [-0.2, -0.15) is 5.10 Å². The number of aryl methyl sites for hydroxylation is 1. The molecule has 0 amide bonds. The highest BCUT2D eigenvalue weighted by atomic mass is 15.2. The first-order chi connectivity index (χ1) is 8.74. The van der Waals surface area contributed by atoms with Gasteiger partial charge in [0.05, 0.1) is 6.20 Å².